The lowest BCUT2D eigenvalue weighted by Gasteiger charge is -2.17. The zero-order chi connectivity index (χ0) is 19.6. The zero-order valence-corrected chi connectivity index (χ0v) is 14.0. The normalized spacial score (nSPS) is 12.6. The summed E-state index contributed by atoms with van der Waals surface area (Å²) in [6.07, 6.45) is -3.14. The number of nitrogens with zero attached hydrogens (tertiary/aromatic N) is 4. The van der Waals surface area contributed by atoms with Crippen LogP contribution in [0.3, 0.4) is 0 Å². The van der Waals surface area contributed by atoms with Gasteiger partial charge in [-0.05, 0) is 25.1 Å². The van der Waals surface area contributed by atoms with Crippen LogP contribution in [-0.4, -0.2) is 19.9 Å². The highest BCUT2D eigenvalue weighted by molar-refractivity contribution is 5.58. The molecule has 2 aromatic carbocycles. The molecule has 3 aromatic rings. The van der Waals surface area contributed by atoms with Crippen molar-refractivity contribution < 1.29 is 18.1 Å². The van der Waals surface area contributed by atoms with E-state index in [2.05, 4.69) is 15.6 Å². The van der Waals surface area contributed by atoms with Crippen LogP contribution in [-0.2, 0) is 6.18 Å². The van der Waals surface area contributed by atoms with Crippen LogP contribution in [0.1, 0.15) is 24.2 Å². The fourth-order valence-corrected chi connectivity index (χ4v) is 2.50. The molecule has 0 amide bonds. The second-order valence-electron chi connectivity index (χ2n) is 5.77. The Morgan fingerprint density at radius 3 is 2.52 bits per heavy atom. The Labute approximate surface area is 151 Å². The number of non-ortho nitro benzene ring substituents is 1. The van der Waals surface area contributed by atoms with E-state index in [1.165, 1.54) is 4.68 Å². The van der Waals surface area contributed by atoms with Crippen molar-refractivity contribution in [2.75, 3.05) is 5.32 Å². The molecule has 1 aromatic heterocycles. The van der Waals surface area contributed by atoms with Gasteiger partial charge in [-0.1, -0.05) is 23.4 Å². The molecular formula is C17H14F3N5O2. The molecule has 0 saturated carbocycles. The maximum Gasteiger partial charge on any atom is 0.418 e. The molecule has 3 rings (SSSR count). The van der Waals surface area contributed by atoms with Gasteiger partial charge in [0.05, 0.1) is 28.4 Å². The Morgan fingerprint density at radius 2 is 1.89 bits per heavy atom. The van der Waals surface area contributed by atoms with Gasteiger partial charge in [0.25, 0.3) is 5.69 Å². The number of hydrogen-bond donors (Lipinski definition) is 1. The Balaban J connectivity index is 1.87. The summed E-state index contributed by atoms with van der Waals surface area (Å²) < 4.78 is 41.3. The monoisotopic (exact) mass is 377 g/mol. The summed E-state index contributed by atoms with van der Waals surface area (Å²) in [6, 6.07) is 11.1. The van der Waals surface area contributed by atoms with Gasteiger partial charge >= 0.3 is 6.18 Å². The van der Waals surface area contributed by atoms with Crippen LogP contribution < -0.4 is 5.32 Å². The van der Waals surface area contributed by atoms with Crippen molar-refractivity contribution in [3.63, 3.8) is 0 Å². The summed E-state index contributed by atoms with van der Waals surface area (Å²) in [5.74, 6) is 0. The molecule has 0 saturated heterocycles. The molecule has 0 bridgehead atoms. The molecule has 1 unspecified atom stereocenters. The molecule has 10 heteroatoms. The number of halogens is 3. The maximum absolute atomic E-state index is 13.3. The molecule has 0 radical (unpaired) electrons. The number of para-hydroxylation sites is 1. The van der Waals surface area contributed by atoms with Crippen molar-refractivity contribution in [2.24, 2.45) is 0 Å². The number of benzene rings is 2. The highest BCUT2D eigenvalue weighted by Gasteiger charge is 2.35. The van der Waals surface area contributed by atoms with Gasteiger partial charge in [-0.2, -0.15) is 13.2 Å². The van der Waals surface area contributed by atoms with Gasteiger partial charge in [0.2, 0.25) is 0 Å². The van der Waals surface area contributed by atoms with E-state index in [0.717, 1.165) is 17.8 Å². The highest BCUT2D eigenvalue weighted by Crippen LogP contribution is 2.38. The fourth-order valence-electron chi connectivity index (χ4n) is 2.50. The number of alkyl halides is 3. The highest BCUT2D eigenvalue weighted by atomic mass is 19.4. The van der Waals surface area contributed by atoms with Gasteiger partial charge in [-0.3, -0.25) is 10.1 Å². The van der Waals surface area contributed by atoms with Crippen molar-refractivity contribution in [2.45, 2.75) is 19.1 Å². The van der Waals surface area contributed by atoms with Crippen molar-refractivity contribution >= 4 is 11.4 Å². The maximum atomic E-state index is 13.3. The number of hydrogen-bond acceptors (Lipinski definition) is 5. The molecule has 0 spiro atoms. The lowest BCUT2D eigenvalue weighted by molar-refractivity contribution is -0.385. The zero-order valence-electron chi connectivity index (χ0n) is 14.0. The average Bonchev–Trinajstić information content (AvgIpc) is 3.12. The van der Waals surface area contributed by atoms with Crippen molar-refractivity contribution in [3.8, 4) is 5.69 Å². The predicted molar refractivity (Wildman–Crippen MR) is 91.5 cm³/mol. The predicted octanol–water partition coefficient (Wildman–Crippen LogP) is 4.37. The van der Waals surface area contributed by atoms with Crippen LogP contribution >= 0.6 is 0 Å². The second kappa shape index (κ2) is 7.06. The third-order valence-corrected chi connectivity index (χ3v) is 3.87. The van der Waals surface area contributed by atoms with Crippen LogP contribution in [0.4, 0.5) is 24.5 Å². The minimum Gasteiger partial charge on any atom is -0.376 e. The summed E-state index contributed by atoms with van der Waals surface area (Å²) in [5.41, 5.74) is -0.829. The summed E-state index contributed by atoms with van der Waals surface area (Å²) in [6.45, 7) is 1.63. The van der Waals surface area contributed by atoms with Crippen molar-refractivity contribution in [1.82, 2.24) is 15.0 Å². The van der Waals surface area contributed by atoms with Gasteiger partial charge in [-0.25, -0.2) is 4.68 Å². The molecule has 0 fully saturated rings. The molecule has 0 aliphatic rings. The Hall–Kier alpha value is -3.43. The van der Waals surface area contributed by atoms with Gasteiger partial charge in [-0.15, -0.1) is 5.10 Å². The number of anilines is 1. The number of nitro benzene ring substituents is 1. The first kappa shape index (κ1) is 18.4. The van der Waals surface area contributed by atoms with Crippen molar-refractivity contribution in [1.29, 1.82) is 0 Å². The lowest BCUT2D eigenvalue weighted by atomic mass is 10.1. The molecule has 1 N–H and O–H groups in total. The van der Waals surface area contributed by atoms with Gasteiger partial charge in [0.15, 0.2) is 0 Å². The third-order valence-electron chi connectivity index (χ3n) is 3.87. The SMILES string of the molecule is CC(Nc1ccc([N+](=O)[O-])cc1C(F)(F)F)c1cn(-c2ccccc2)nn1. The van der Waals surface area contributed by atoms with Crippen LogP contribution in [0.5, 0.6) is 0 Å². The van der Waals surface area contributed by atoms with Gasteiger partial charge in [0, 0.05) is 17.8 Å². The third kappa shape index (κ3) is 4.05. The van der Waals surface area contributed by atoms with Gasteiger partial charge in [0.1, 0.15) is 5.69 Å². The standard InChI is InChI=1S/C17H14F3N5O2/c1-11(16-10-24(23-22-16)12-5-3-2-4-6-12)21-15-8-7-13(25(26)27)9-14(15)17(18,19)20/h2-11,21H,1H3. The lowest BCUT2D eigenvalue weighted by Crippen LogP contribution is -2.14. The van der Waals surface area contributed by atoms with E-state index in [0.29, 0.717) is 11.8 Å². The topological polar surface area (TPSA) is 85.9 Å². The van der Waals surface area contributed by atoms with Crippen LogP contribution in [0, 0.1) is 10.1 Å². The van der Waals surface area contributed by atoms with E-state index in [1.54, 1.807) is 13.1 Å². The first-order valence-electron chi connectivity index (χ1n) is 7.85. The first-order chi connectivity index (χ1) is 12.8. The van der Waals surface area contributed by atoms with E-state index in [9.17, 15) is 23.3 Å². The molecule has 0 aliphatic carbocycles. The minimum absolute atomic E-state index is 0.269. The summed E-state index contributed by atoms with van der Waals surface area (Å²) in [5, 5.41) is 21.4. The fraction of sp³-hybridized carbons (Fsp3) is 0.176. The van der Waals surface area contributed by atoms with Crippen LogP contribution in [0.25, 0.3) is 5.69 Å². The number of nitro groups is 1. The summed E-state index contributed by atoms with van der Waals surface area (Å²) in [4.78, 5) is 9.90. The number of aromatic nitrogens is 3. The average molecular weight is 377 g/mol. The van der Waals surface area contributed by atoms with E-state index in [1.807, 2.05) is 30.3 Å². The largest absolute Gasteiger partial charge is 0.418 e. The van der Waals surface area contributed by atoms with E-state index >= 15 is 0 Å². The first-order valence-corrected chi connectivity index (χ1v) is 7.85. The number of rotatable bonds is 5. The molecule has 0 aliphatic heterocycles. The smallest absolute Gasteiger partial charge is 0.376 e. The van der Waals surface area contributed by atoms with E-state index < -0.39 is 28.4 Å². The molecule has 140 valence electrons. The van der Waals surface area contributed by atoms with E-state index in [-0.39, 0.29) is 5.69 Å². The Morgan fingerprint density at radius 1 is 1.19 bits per heavy atom. The molecular weight excluding hydrogens is 363 g/mol. The Bertz CT molecular complexity index is 957. The molecule has 7 nitrogen and oxygen atoms in total. The summed E-state index contributed by atoms with van der Waals surface area (Å²) >= 11 is 0. The van der Waals surface area contributed by atoms with Crippen molar-refractivity contribution in [3.05, 3.63) is 76.1 Å². The number of nitrogens with one attached hydrogen (secondary N) is 1. The molecule has 1 atom stereocenters. The molecule has 1 heterocycles. The van der Waals surface area contributed by atoms with Gasteiger partial charge < -0.3 is 5.32 Å². The summed E-state index contributed by atoms with van der Waals surface area (Å²) in [7, 11) is 0. The molecule has 27 heavy (non-hydrogen) atoms. The van der Waals surface area contributed by atoms with Crippen LogP contribution in [0.15, 0.2) is 54.7 Å². The van der Waals surface area contributed by atoms with Crippen LogP contribution in [0.2, 0.25) is 0 Å². The Kier molecular flexibility index (Phi) is 4.80. The van der Waals surface area contributed by atoms with E-state index in [4.69, 9.17) is 0 Å². The minimum atomic E-state index is -4.74. The second-order valence-corrected chi connectivity index (χ2v) is 5.77. The quantitative estimate of drug-likeness (QED) is 0.527.